The van der Waals surface area contributed by atoms with E-state index in [1.807, 2.05) is 6.92 Å². The van der Waals surface area contributed by atoms with Gasteiger partial charge < -0.3 is 10.1 Å². The first-order valence-corrected chi connectivity index (χ1v) is 7.14. The van der Waals surface area contributed by atoms with Crippen LogP contribution in [0.4, 0.5) is 11.9 Å². The van der Waals surface area contributed by atoms with Crippen molar-refractivity contribution in [1.29, 1.82) is 0 Å². The predicted octanol–water partition coefficient (Wildman–Crippen LogP) is 0.205. The van der Waals surface area contributed by atoms with E-state index in [4.69, 9.17) is 10.6 Å². The highest BCUT2D eigenvalue weighted by Gasteiger charge is 2.34. The van der Waals surface area contributed by atoms with E-state index in [1.54, 1.807) is 0 Å². The van der Waals surface area contributed by atoms with Crippen molar-refractivity contribution < 1.29 is 4.74 Å². The van der Waals surface area contributed by atoms with Crippen molar-refractivity contribution in [1.82, 2.24) is 19.9 Å². The molecule has 4 N–H and O–H groups in total. The number of nitrogens with one attached hydrogen (secondary N) is 2. The van der Waals surface area contributed by atoms with Crippen LogP contribution in [0.3, 0.4) is 0 Å². The van der Waals surface area contributed by atoms with Crippen molar-refractivity contribution in [3.63, 3.8) is 0 Å². The third-order valence-electron chi connectivity index (χ3n) is 3.63. The van der Waals surface area contributed by atoms with Crippen LogP contribution < -0.4 is 21.3 Å². The molecule has 1 saturated heterocycles. The maximum Gasteiger partial charge on any atom is 0.323 e. The van der Waals surface area contributed by atoms with Gasteiger partial charge in [0.2, 0.25) is 11.9 Å². The van der Waals surface area contributed by atoms with Gasteiger partial charge in [-0.15, -0.1) is 0 Å². The Bertz CT molecular complexity index is 465. The molecule has 1 unspecified atom stereocenters. The van der Waals surface area contributed by atoms with E-state index in [0.29, 0.717) is 24.5 Å². The summed E-state index contributed by atoms with van der Waals surface area (Å²) in [5.74, 6) is 6.19. The van der Waals surface area contributed by atoms with E-state index in [-0.39, 0.29) is 6.01 Å². The molecule has 1 aliphatic carbocycles. The number of likely N-dealkylation sites (tertiary alicyclic amines) is 1. The average Bonchev–Trinajstić information content (AvgIpc) is 3.20. The Morgan fingerprint density at radius 3 is 2.75 bits per heavy atom. The highest BCUT2D eigenvalue weighted by Crippen LogP contribution is 2.30. The van der Waals surface area contributed by atoms with Crippen LogP contribution >= 0.6 is 0 Å². The van der Waals surface area contributed by atoms with Crippen molar-refractivity contribution in [3.05, 3.63) is 0 Å². The van der Waals surface area contributed by atoms with Gasteiger partial charge >= 0.3 is 6.01 Å². The normalized spacial score (nSPS) is 22.8. The molecule has 1 saturated carbocycles. The Morgan fingerprint density at radius 1 is 1.25 bits per heavy atom. The molecule has 110 valence electrons. The van der Waals surface area contributed by atoms with E-state index in [1.165, 1.54) is 12.8 Å². The summed E-state index contributed by atoms with van der Waals surface area (Å²) in [4.78, 5) is 15.0. The van der Waals surface area contributed by atoms with Crippen LogP contribution in [0.15, 0.2) is 0 Å². The Balaban J connectivity index is 1.65. The third kappa shape index (κ3) is 3.07. The summed E-state index contributed by atoms with van der Waals surface area (Å²) in [5.41, 5.74) is 2.44. The van der Waals surface area contributed by atoms with Gasteiger partial charge in [-0.25, -0.2) is 5.84 Å². The smallest absolute Gasteiger partial charge is 0.323 e. The minimum Gasteiger partial charge on any atom is -0.464 e. The zero-order chi connectivity index (χ0) is 13.9. The van der Waals surface area contributed by atoms with E-state index in [2.05, 4.69) is 30.6 Å². The molecule has 1 aromatic rings. The molecule has 2 aliphatic rings. The predicted molar refractivity (Wildman–Crippen MR) is 75.4 cm³/mol. The number of nitrogens with zero attached hydrogens (tertiary/aromatic N) is 4. The second-order valence-corrected chi connectivity index (χ2v) is 5.20. The molecule has 0 aromatic carbocycles. The summed E-state index contributed by atoms with van der Waals surface area (Å²) in [6.07, 6.45) is 3.79. The summed E-state index contributed by atoms with van der Waals surface area (Å²) in [6.45, 7) is 4.59. The molecule has 0 bridgehead atoms. The van der Waals surface area contributed by atoms with Gasteiger partial charge in [-0.2, -0.15) is 15.0 Å². The highest BCUT2D eigenvalue weighted by atomic mass is 16.5. The number of rotatable bonds is 6. The quantitative estimate of drug-likeness (QED) is 0.501. The summed E-state index contributed by atoms with van der Waals surface area (Å²) >= 11 is 0. The summed E-state index contributed by atoms with van der Waals surface area (Å²) in [7, 11) is 0. The van der Waals surface area contributed by atoms with Crippen molar-refractivity contribution in [2.75, 3.05) is 30.4 Å². The fourth-order valence-electron chi connectivity index (χ4n) is 2.54. The molecular weight excluding hydrogens is 258 g/mol. The lowest BCUT2D eigenvalue weighted by Crippen LogP contribution is -2.28. The summed E-state index contributed by atoms with van der Waals surface area (Å²) < 4.78 is 5.31. The van der Waals surface area contributed by atoms with Gasteiger partial charge in [-0.3, -0.25) is 10.3 Å². The molecule has 2 heterocycles. The topological polar surface area (TPSA) is 101 Å². The van der Waals surface area contributed by atoms with Gasteiger partial charge in [0.05, 0.1) is 6.61 Å². The van der Waals surface area contributed by atoms with Crippen LogP contribution in [0, 0.1) is 0 Å². The molecule has 20 heavy (non-hydrogen) atoms. The fraction of sp³-hybridized carbons (Fsp3) is 0.750. The third-order valence-corrected chi connectivity index (χ3v) is 3.63. The number of anilines is 2. The number of aromatic nitrogens is 3. The highest BCUT2D eigenvalue weighted by molar-refractivity contribution is 5.36. The maximum atomic E-state index is 5.37. The van der Waals surface area contributed by atoms with Gasteiger partial charge in [-0.05, 0) is 26.2 Å². The number of hydrogen-bond donors (Lipinski definition) is 3. The van der Waals surface area contributed by atoms with Crippen LogP contribution in [-0.2, 0) is 0 Å². The molecule has 1 aliphatic heterocycles. The van der Waals surface area contributed by atoms with Gasteiger partial charge in [0, 0.05) is 25.2 Å². The number of nitrogens with two attached hydrogens (primary N) is 1. The van der Waals surface area contributed by atoms with Crippen LogP contribution in [-0.4, -0.2) is 51.6 Å². The standard InChI is InChI=1S/C12H21N7O/c1-2-20-12-16-10(15-11(17-12)18-13)14-8-5-6-19(7-8)9-3-4-9/h8-9H,2-7,13H2,1H3,(H2,14,15,16,17,18). The lowest BCUT2D eigenvalue weighted by Gasteiger charge is -2.16. The lowest BCUT2D eigenvalue weighted by atomic mass is 10.3. The number of ether oxygens (including phenoxy) is 1. The Morgan fingerprint density at radius 2 is 2.05 bits per heavy atom. The van der Waals surface area contributed by atoms with Gasteiger partial charge in [0.25, 0.3) is 0 Å². The van der Waals surface area contributed by atoms with Gasteiger partial charge in [0.15, 0.2) is 0 Å². The molecular formula is C12H21N7O. The number of hydrogen-bond acceptors (Lipinski definition) is 8. The minimum atomic E-state index is 0.287. The fourth-order valence-corrected chi connectivity index (χ4v) is 2.54. The van der Waals surface area contributed by atoms with Crippen LogP contribution in [0.2, 0.25) is 0 Å². The SMILES string of the molecule is CCOc1nc(NN)nc(NC2CCN(C3CC3)C2)n1. The average molecular weight is 279 g/mol. The van der Waals surface area contributed by atoms with E-state index in [0.717, 1.165) is 25.6 Å². The maximum absolute atomic E-state index is 5.37. The van der Waals surface area contributed by atoms with E-state index >= 15 is 0 Å². The molecule has 2 fully saturated rings. The van der Waals surface area contributed by atoms with E-state index in [9.17, 15) is 0 Å². The van der Waals surface area contributed by atoms with E-state index < -0.39 is 0 Å². The molecule has 0 amide bonds. The second-order valence-electron chi connectivity index (χ2n) is 5.20. The molecule has 8 heteroatoms. The zero-order valence-electron chi connectivity index (χ0n) is 11.7. The molecule has 3 rings (SSSR count). The molecule has 0 radical (unpaired) electrons. The van der Waals surface area contributed by atoms with Crippen molar-refractivity contribution in [2.45, 2.75) is 38.3 Å². The Kier molecular flexibility index (Phi) is 3.83. The van der Waals surface area contributed by atoms with Crippen LogP contribution in [0.1, 0.15) is 26.2 Å². The van der Waals surface area contributed by atoms with Gasteiger partial charge in [0.1, 0.15) is 0 Å². The lowest BCUT2D eigenvalue weighted by molar-refractivity contribution is 0.312. The first-order chi connectivity index (χ1) is 9.78. The summed E-state index contributed by atoms with van der Waals surface area (Å²) in [6, 6.07) is 1.47. The Hall–Kier alpha value is -1.67. The monoisotopic (exact) mass is 279 g/mol. The van der Waals surface area contributed by atoms with Gasteiger partial charge in [-0.1, -0.05) is 0 Å². The van der Waals surface area contributed by atoms with Crippen LogP contribution in [0.25, 0.3) is 0 Å². The molecule has 0 spiro atoms. The zero-order valence-corrected chi connectivity index (χ0v) is 11.7. The molecule has 8 nitrogen and oxygen atoms in total. The second kappa shape index (κ2) is 5.76. The molecule has 1 atom stereocenters. The number of hydrazine groups is 1. The minimum absolute atomic E-state index is 0.287. The summed E-state index contributed by atoms with van der Waals surface area (Å²) in [5, 5.41) is 3.35. The van der Waals surface area contributed by atoms with Crippen molar-refractivity contribution >= 4 is 11.9 Å². The Labute approximate surface area is 118 Å². The van der Waals surface area contributed by atoms with Crippen molar-refractivity contribution in [2.24, 2.45) is 5.84 Å². The first kappa shape index (κ1) is 13.3. The van der Waals surface area contributed by atoms with Crippen LogP contribution in [0.5, 0.6) is 6.01 Å². The number of nitrogen functional groups attached to an aromatic ring is 1. The largest absolute Gasteiger partial charge is 0.464 e. The molecule has 1 aromatic heterocycles. The first-order valence-electron chi connectivity index (χ1n) is 7.14. The van der Waals surface area contributed by atoms with Crippen molar-refractivity contribution in [3.8, 4) is 6.01 Å².